The molecule has 6 heteroatoms. The highest BCUT2D eigenvalue weighted by Crippen LogP contribution is 2.25. The standard InChI is InChI=1S/C12H12BrNO4/c1-12(10(15)16)7-14(11(17)18-12)6-8-3-2-4-9(13)5-8/h2-5H,6-7H2,1H3,(H,15,16). The molecule has 0 aromatic heterocycles. The molecular weight excluding hydrogens is 302 g/mol. The molecule has 1 aliphatic heterocycles. The third kappa shape index (κ3) is 2.48. The minimum absolute atomic E-state index is 0.0493. The Morgan fingerprint density at radius 3 is 2.89 bits per heavy atom. The van der Waals surface area contributed by atoms with E-state index in [0.717, 1.165) is 10.0 Å². The molecule has 5 nitrogen and oxygen atoms in total. The lowest BCUT2D eigenvalue weighted by Crippen LogP contribution is -2.39. The first-order chi connectivity index (χ1) is 8.40. The van der Waals surface area contributed by atoms with Crippen LogP contribution in [0.25, 0.3) is 0 Å². The number of halogens is 1. The average Bonchev–Trinajstić information content (AvgIpc) is 2.55. The van der Waals surface area contributed by atoms with Crippen LogP contribution in [0.15, 0.2) is 28.7 Å². The predicted octanol–water partition coefficient (Wildman–Crippen LogP) is 2.24. The molecule has 1 aromatic carbocycles. The summed E-state index contributed by atoms with van der Waals surface area (Å²) in [5, 5.41) is 9.01. The van der Waals surface area contributed by atoms with Crippen LogP contribution >= 0.6 is 15.9 Å². The number of carboxylic acids is 1. The molecule has 1 aromatic rings. The van der Waals surface area contributed by atoms with Crippen molar-refractivity contribution in [2.75, 3.05) is 6.54 Å². The number of carbonyl (C=O) groups excluding carboxylic acids is 1. The van der Waals surface area contributed by atoms with E-state index in [1.54, 1.807) is 0 Å². The van der Waals surface area contributed by atoms with Gasteiger partial charge < -0.3 is 9.84 Å². The highest BCUT2D eigenvalue weighted by atomic mass is 79.9. The molecule has 0 radical (unpaired) electrons. The maximum Gasteiger partial charge on any atom is 0.411 e. The number of amides is 1. The second-order valence-corrected chi connectivity index (χ2v) is 5.31. The van der Waals surface area contributed by atoms with E-state index in [0.29, 0.717) is 6.54 Å². The van der Waals surface area contributed by atoms with Crippen molar-refractivity contribution in [1.29, 1.82) is 0 Å². The van der Waals surface area contributed by atoms with Gasteiger partial charge in [0.2, 0.25) is 5.60 Å². The largest absolute Gasteiger partial charge is 0.478 e. The number of hydrogen-bond acceptors (Lipinski definition) is 3. The van der Waals surface area contributed by atoms with Gasteiger partial charge in [0.25, 0.3) is 0 Å². The van der Waals surface area contributed by atoms with Crippen LogP contribution in [-0.2, 0) is 16.1 Å². The van der Waals surface area contributed by atoms with Crippen molar-refractivity contribution in [3.63, 3.8) is 0 Å². The SMILES string of the molecule is CC1(C(=O)O)CN(Cc2cccc(Br)c2)C(=O)O1. The van der Waals surface area contributed by atoms with Crippen molar-refractivity contribution in [2.45, 2.75) is 19.1 Å². The van der Waals surface area contributed by atoms with Crippen LogP contribution in [0.5, 0.6) is 0 Å². The Bertz CT molecular complexity index is 505. The van der Waals surface area contributed by atoms with Gasteiger partial charge in [-0.15, -0.1) is 0 Å². The summed E-state index contributed by atoms with van der Waals surface area (Å²) >= 11 is 3.34. The maximum atomic E-state index is 11.6. The van der Waals surface area contributed by atoms with Crippen LogP contribution < -0.4 is 0 Å². The molecule has 0 bridgehead atoms. The molecule has 18 heavy (non-hydrogen) atoms. The Morgan fingerprint density at radius 1 is 1.61 bits per heavy atom. The lowest BCUT2D eigenvalue weighted by molar-refractivity contribution is -0.153. The van der Waals surface area contributed by atoms with Crippen molar-refractivity contribution in [3.05, 3.63) is 34.3 Å². The molecule has 1 unspecified atom stereocenters. The summed E-state index contributed by atoms with van der Waals surface area (Å²) in [7, 11) is 0. The molecule has 1 amide bonds. The second kappa shape index (κ2) is 4.61. The number of carbonyl (C=O) groups is 2. The number of cyclic esters (lactones) is 1. The predicted molar refractivity (Wildman–Crippen MR) is 67.1 cm³/mol. The van der Waals surface area contributed by atoms with Crippen LogP contribution in [0, 0.1) is 0 Å². The Kier molecular flexibility index (Phi) is 3.30. The number of carboxylic acid groups (broad SMARTS) is 1. The lowest BCUT2D eigenvalue weighted by atomic mass is 10.1. The smallest absolute Gasteiger partial charge is 0.411 e. The number of hydrogen-bond donors (Lipinski definition) is 1. The third-order valence-corrected chi connectivity index (χ3v) is 3.27. The maximum absolute atomic E-state index is 11.6. The first-order valence-electron chi connectivity index (χ1n) is 5.36. The van der Waals surface area contributed by atoms with Crippen molar-refractivity contribution < 1.29 is 19.4 Å². The monoisotopic (exact) mass is 313 g/mol. The topological polar surface area (TPSA) is 66.8 Å². The van der Waals surface area contributed by atoms with E-state index in [2.05, 4.69) is 15.9 Å². The molecule has 0 aliphatic carbocycles. The summed E-state index contributed by atoms with van der Waals surface area (Å²) in [4.78, 5) is 24.0. The molecule has 1 fully saturated rings. The van der Waals surface area contributed by atoms with E-state index in [4.69, 9.17) is 9.84 Å². The molecular formula is C12H12BrNO4. The summed E-state index contributed by atoms with van der Waals surface area (Å²) in [5.41, 5.74) is -0.542. The summed E-state index contributed by atoms with van der Waals surface area (Å²) in [6, 6.07) is 7.49. The Morgan fingerprint density at radius 2 is 2.33 bits per heavy atom. The van der Waals surface area contributed by atoms with Gasteiger partial charge in [-0.2, -0.15) is 0 Å². The number of ether oxygens (including phenoxy) is 1. The van der Waals surface area contributed by atoms with Crippen molar-refractivity contribution in [2.24, 2.45) is 0 Å². The van der Waals surface area contributed by atoms with E-state index in [9.17, 15) is 9.59 Å². The van der Waals surface area contributed by atoms with E-state index < -0.39 is 17.7 Å². The zero-order chi connectivity index (χ0) is 13.3. The van der Waals surface area contributed by atoms with Gasteiger partial charge in [-0.05, 0) is 24.6 Å². The number of aliphatic carboxylic acids is 1. The van der Waals surface area contributed by atoms with Crippen LogP contribution in [0.4, 0.5) is 4.79 Å². The summed E-state index contributed by atoms with van der Waals surface area (Å²) in [5.74, 6) is -1.13. The fourth-order valence-corrected chi connectivity index (χ4v) is 2.25. The lowest BCUT2D eigenvalue weighted by Gasteiger charge is -2.16. The molecule has 0 spiro atoms. The third-order valence-electron chi connectivity index (χ3n) is 2.78. The highest BCUT2D eigenvalue weighted by Gasteiger charge is 2.47. The minimum atomic E-state index is -1.46. The summed E-state index contributed by atoms with van der Waals surface area (Å²) < 4.78 is 5.81. The second-order valence-electron chi connectivity index (χ2n) is 4.39. The number of rotatable bonds is 3. The van der Waals surface area contributed by atoms with E-state index in [1.165, 1.54) is 11.8 Å². The van der Waals surface area contributed by atoms with Gasteiger partial charge in [0.05, 0.1) is 6.54 Å². The molecule has 1 aliphatic rings. The first-order valence-corrected chi connectivity index (χ1v) is 6.16. The Balaban J connectivity index is 2.12. The van der Waals surface area contributed by atoms with Crippen molar-refractivity contribution in [1.82, 2.24) is 4.90 Å². The molecule has 1 heterocycles. The van der Waals surface area contributed by atoms with Crippen LogP contribution in [0.1, 0.15) is 12.5 Å². The van der Waals surface area contributed by atoms with E-state index in [-0.39, 0.29) is 6.54 Å². The fraction of sp³-hybridized carbons (Fsp3) is 0.333. The molecule has 0 saturated carbocycles. The Labute approximate surface area is 112 Å². The van der Waals surface area contributed by atoms with Crippen LogP contribution in [0.2, 0.25) is 0 Å². The summed E-state index contributed by atoms with van der Waals surface area (Å²) in [6.07, 6.45) is -0.597. The molecule has 1 saturated heterocycles. The zero-order valence-electron chi connectivity index (χ0n) is 9.72. The van der Waals surface area contributed by atoms with Gasteiger partial charge in [0.15, 0.2) is 0 Å². The molecule has 1 N–H and O–H groups in total. The normalized spacial score (nSPS) is 23.0. The molecule has 96 valence electrons. The fourth-order valence-electron chi connectivity index (χ4n) is 1.81. The summed E-state index contributed by atoms with van der Waals surface area (Å²) in [6.45, 7) is 1.78. The molecule has 2 rings (SSSR count). The van der Waals surface area contributed by atoms with Gasteiger partial charge in [0, 0.05) is 11.0 Å². The number of nitrogens with zero attached hydrogens (tertiary/aromatic N) is 1. The van der Waals surface area contributed by atoms with E-state index >= 15 is 0 Å². The van der Waals surface area contributed by atoms with Gasteiger partial charge >= 0.3 is 12.1 Å². The zero-order valence-corrected chi connectivity index (χ0v) is 11.3. The van der Waals surface area contributed by atoms with Gasteiger partial charge in [-0.1, -0.05) is 28.1 Å². The van der Waals surface area contributed by atoms with Crippen LogP contribution in [-0.4, -0.2) is 34.2 Å². The van der Waals surface area contributed by atoms with Crippen molar-refractivity contribution in [3.8, 4) is 0 Å². The van der Waals surface area contributed by atoms with E-state index in [1.807, 2.05) is 24.3 Å². The minimum Gasteiger partial charge on any atom is -0.478 e. The highest BCUT2D eigenvalue weighted by molar-refractivity contribution is 9.10. The van der Waals surface area contributed by atoms with Gasteiger partial charge in [0.1, 0.15) is 0 Å². The average molecular weight is 314 g/mol. The molecule has 1 atom stereocenters. The van der Waals surface area contributed by atoms with Crippen LogP contribution in [0.3, 0.4) is 0 Å². The van der Waals surface area contributed by atoms with Gasteiger partial charge in [-0.3, -0.25) is 4.90 Å². The van der Waals surface area contributed by atoms with Gasteiger partial charge in [-0.25, -0.2) is 9.59 Å². The number of benzene rings is 1. The quantitative estimate of drug-likeness (QED) is 0.929. The first kappa shape index (κ1) is 12.9. The van der Waals surface area contributed by atoms with Crippen molar-refractivity contribution >= 4 is 28.0 Å². The Hall–Kier alpha value is -1.56.